The lowest BCUT2D eigenvalue weighted by Gasteiger charge is -2.26. The molecule has 104 valence electrons. The largest absolute Gasteiger partial charge is 0.496 e. The second-order valence-corrected chi connectivity index (χ2v) is 5.25. The van der Waals surface area contributed by atoms with E-state index < -0.39 is 0 Å². The average molecular weight is 263 g/mol. The van der Waals surface area contributed by atoms with Gasteiger partial charge >= 0.3 is 0 Å². The highest BCUT2D eigenvalue weighted by atomic mass is 16.5. The topological polar surface area (TPSA) is 58.6 Å². The number of ether oxygens (including phenoxy) is 1. The second-order valence-electron chi connectivity index (χ2n) is 5.25. The van der Waals surface area contributed by atoms with Gasteiger partial charge in [-0.25, -0.2) is 0 Å². The SMILES string of the molecule is COc1ccccc1C(=O)NCC1(CO)CCCC1. The van der Waals surface area contributed by atoms with Crippen LogP contribution in [0.4, 0.5) is 0 Å². The molecule has 1 aromatic rings. The van der Waals surface area contributed by atoms with Crippen molar-refractivity contribution in [3.8, 4) is 5.75 Å². The van der Waals surface area contributed by atoms with E-state index in [1.54, 1.807) is 19.2 Å². The maximum atomic E-state index is 12.2. The maximum absolute atomic E-state index is 12.2. The minimum absolute atomic E-state index is 0.127. The summed E-state index contributed by atoms with van der Waals surface area (Å²) in [4.78, 5) is 12.2. The van der Waals surface area contributed by atoms with Gasteiger partial charge in [0.15, 0.2) is 0 Å². The van der Waals surface area contributed by atoms with E-state index >= 15 is 0 Å². The maximum Gasteiger partial charge on any atom is 0.255 e. The van der Waals surface area contributed by atoms with Crippen LogP contribution >= 0.6 is 0 Å². The Labute approximate surface area is 113 Å². The van der Waals surface area contributed by atoms with Crippen LogP contribution in [0.15, 0.2) is 24.3 Å². The highest BCUT2D eigenvalue weighted by Crippen LogP contribution is 2.37. The minimum atomic E-state index is -0.142. The molecule has 1 aliphatic rings. The average Bonchev–Trinajstić information content (AvgIpc) is 2.94. The van der Waals surface area contributed by atoms with Gasteiger partial charge < -0.3 is 15.2 Å². The first-order chi connectivity index (χ1) is 9.21. The van der Waals surface area contributed by atoms with Crippen molar-refractivity contribution in [2.45, 2.75) is 25.7 Å². The van der Waals surface area contributed by atoms with Gasteiger partial charge in [0.25, 0.3) is 5.91 Å². The number of hydrogen-bond acceptors (Lipinski definition) is 3. The Morgan fingerprint density at radius 3 is 2.68 bits per heavy atom. The lowest BCUT2D eigenvalue weighted by atomic mass is 9.87. The highest BCUT2D eigenvalue weighted by Gasteiger charge is 2.33. The van der Waals surface area contributed by atoms with Crippen molar-refractivity contribution in [3.05, 3.63) is 29.8 Å². The summed E-state index contributed by atoms with van der Waals surface area (Å²) in [6.45, 7) is 0.666. The van der Waals surface area contributed by atoms with Gasteiger partial charge in [0, 0.05) is 12.0 Å². The van der Waals surface area contributed by atoms with Crippen molar-refractivity contribution >= 4 is 5.91 Å². The summed E-state index contributed by atoms with van der Waals surface area (Å²) in [7, 11) is 1.55. The Balaban J connectivity index is 2.01. The quantitative estimate of drug-likeness (QED) is 0.854. The van der Waals surface area contributed by atoms with Crippen molar-refractivity contribution in [1.29, 1.82) is 0 Å². The van der Waals surface area contributed by atoms with Gasteiger partial charge in [-0.2, -0.15) is 0 Å². The number of rotatable bonds is 5. The van der Waals surface area contributed by atoms with Gasteiger partial charge in [-0.05, 0) is 25.0 Å². The van der Waals surface area contributed by atoms with Crippen molar-refractivity contribution < 1.29 is 14.6 Å². The molecule has 0 aliphatic heterocycles. The van der Waals surface area contributed by atoms with Crippen molar-refractivity contribution in [2.24, 2.45) is 5.41 Å². The molecule has 0 saturated heterocycles. The summed E-state index contributed by atoms with van der Waals surface area (Å²) in [5.74, 6) is 0.432. The number of amides is 1. The van der Waals surface area contributed by atoms with Crippen LogP contribution in [-0.2, 0) is 0 Å². The minimum Gasteiger partial charge on any atom is -0.496 e. The Hall–Kier alpha value is -1.55. The Morgan fingerprint density at radius 1 is 1.37 bits per heavy atom. The van der Waals surface area contributed by atoms with E-state index in [0.717, 1.165) is 25.7 Å². The fourth-order valence-electron chi connectivity index (χ4n) is 2.71. The third-order valence-electron chi connectivity index (χ3n) is 3.98. The molecule has 4 heteroatoms. The fourth-order valence-corrected chi connectivity index (χ4v) is 2.71. The third-order valence-corrected chi connectivity index (χ3v) is 3.98. The number of hydrogen-bond donors (Lipinski definition) is 2. The number of aliphatic hydroxyl groups is 1. The molecule has 19 heavy (non-hydrogen) atoms. The standard InChI is InChI=1S/C15H21NO3/c1-19-13-7-3-2-6-12(13)14(18)16-10-15(11-17)8-4-5-9-15/h2-3,6-7,17H,4-5,8-11H2,1H3,(H,16,18). The van der Waals surface area contributed by atoms with E-state index in [1.807, 2.05) is 12.1 Å². The fraction of sp³-hybridized carbons (Fsp3) is 0.533. The molecule has 1 aromatic carbocycles. The predicted molar refractivity (Wildman–Crippen MR) is 73.3 cm³/mol. The van der Waals surface area contributed by atoms with Crippen molar-refractivity contribution in [3.63, 3.8) is 0 Å². The molecule has 0 atom stereocenters. The van der Waals surface area contributed by atoms with Crippen LogP contribution in [0.5, 0.6) is 5.75 Å². The third kappa shape index (κ3) is 3.07. The first-order valence-electron chi connectivity index (χ1n) is 6.73. The number of carbonyl (C=O) groups excluding carboxylic acids is 1. The summed E-state index contributed by atoms with van der Waals surface area (Å²) in [5, 5.41) is 12.5. The van der Waals surface area contributed by atoms with Crippen LogP contribution in [0.2, 0.25) is 0 Å². The molecule has 0 unspecified atom stereocenters. The summed E-state index contributed by atoms with van der Waals surface area (Å²) in [5.41, 5.74) is 0.411. The number of para-hydroxylation sites is 1. The molecular formula is C15H21NO3. The molecule has 1 amide bonds. The number of aliphatic hydroxyl groups excluding tert-OH is 1. The normalized spacial score (nSPS) is 17.2. The molecule has 4 nitrogen and oxygen atoms in total. The van der Waals surface area contributed by atoms with Crippen molar-refractivity contribution in [2.75, 3.05) is 20.3 Å². The zero-order valence-corrected chi connectivity index (χ0v) is 11.3. The van der Waals surface area contributed by atoms with Crippen molar-refractivity contribution in [1.82, 2.24) is 5.32 Å². The van der Waals surface area contributed by atoms with Gasteiger partial charge in [-0.15, -0.1) is 0 Å². The van der Waals surface area contributed by atoms with E-state index in [2.05, 4.69) is 5.32 Å². The molecule has 1 fully saturated rings. The summed E-state index contributed by atoms with van der Waals surface area (Å²) in [6.07, 6.45) is 4.22. The molecule has 0 aromatic heterocycles. The molecular weight excluding hydrogens is 242 g/mol. The van der Waals surface area contributed by atoms with E-state index in [4.69, 9.17) is 4.74 Å². The molecule has 0 heterocycles. The van der Waals surface area contributed by atoms with E-state index in [9.17, 15) is 9.90 Å². The lowest BCUT2D eigenvalue weighted by Crippen LogP contribution is -2.38. The number of carbonyl (C=O) groups is 1. The lowest BCUT2D eigenvalue weighted by molar-refractivity contribution is 0.0878. The number of benzene rings is 1. The molecule has 1 aliphatic carbocycles. The molecule has 2 N–H and O–H groups in total. The second kappa shape index (κ2) is 6.06. The smallest absolute Gasteiger partial charge is 0.255 e. The Kier molecular flexibility index (Phi) is 4.43. The monoisotopic (exact) mass is 263 g/mol. The molecule has 0 bridgehead atoms. The predicted octanol–water partition coefficient (Wildman–Crippen LogP) is 1.98. The zero-order valence-electron chi connectivity index (χ0n) is 11.3. The Morgan fingerprint density at radius 2 is 2.05 bits per heavy atom. The molecule has 2 rings (SSSR count). The zero-order chi connectivity index (χ0) is 13.7. The number of methoxy groups -OCH3 is 1. The molecule has 1 saturated carbocycles. The van der Waals surface area contributed by atoms with E-state index in [-0.39, 0.29) is 17.9 Å². The Bertz CT molecular complexity index is 439. The van der Waals surface area contributed by atoms with Gasteiger partial charge in [0.1, 0.15) is 5.75 Å². The highest BCUT2D eigenvalue weighted by molar-refractivity contribution is 5.96. The first-order valence-corrected chi connectivity index (χ1v) is 6.73. The summed E-state index contributed by atoms with van der Waals surface area (Å²) < 4.78 is 5.18. The van der Waals surface area contributed by atoms with Crippen LogP contribution < -0.4 is 10.1 Å². The van der Waals surface area contributed by atoms with Crippen LogP contribution in [-0.4, -0.2) is 31.3 Å². The van der Waals surface area contributed by atoms with E-state index in [1.165, 1.54) is 0 Å². The first kappa shape index (κ1) is 13.9. The van der Waals surface area contributed by atoms with Crippen LogP contribution in [0.25, 0.3) is 0 Å². The molecule has 0 radical (unpaired) electrons. The van der Waals surface area contributed by atoms with Gasteiger partial charge in [0.2, 0.25) is 0 Å². The van der Waals surface area contributed by atoms with E-state index in [0.29, 0.717) is 17.9 Å². The van der Waals surface area contributed by atoms with Crippen LogP contribution in [0.1, 0.15) is 36.0 Å². The van der Waals surface area contributed by atoms with Gasteiger partial charge in [0.05, 0.1) is 19.3 Å². The number of nitrogens with one attached hydrogen (secondary N) is 1. The van der Waals surface area contributed by atoms with Gasteiger partial charge in [-0.3, -0.25) is 4.79 Å². The summed E-state index contributed by atoms with van der Waals surface area (Å²) in [6, 6.07) is 7.16. The van der Waals surface area contributed by atoms with Crippen LogP contribution in [0.3, 0.4) is 0 Å². The van der Waals surface area contributed by atoms with Gasteiger partial charge in [-0.1, -0.05) is 25.0 Å². The molecule has 0 spiro atoms. The summed E-state index contributed by atoms with van der Waals surface area (Å²) >= 11 is 0. The van der Waals surface area contributed by atoms with Crippen LogP contribution in [0, 0.1) is 5.41 Å².